The van der Waals surface area contributed by atoms with Crippen LogP contribution in [0.25, 0.3) is 0 Å². The summed E-state index contributed by atoms with van der Waals surface area (Å²) in [5.41, 5.74) is 1.82. The SMILES string of the molecule is CCCCOC(=O)CC1C(=O)NCCN1C(=O)COc1c(C)cc(Br)cc1C. The minimum absolute atomic E-state index is 0.155. The van der Waals surface area contributed by atoms with Crippen LogP contribution in [0.2, 0.25) is 0 Å². The number of aryl methyl sites for hydroxylation is 2. The molecule has 2 amide bonds. The number of nitrogens with one attached hydrogen (secondary N) is 1. The summed E-state index contributed by atoms with van der Waals surface area (Å²) >= 11 is 3.43. The third-order valence-electron chi connectivity index (χ3n) is 4.54. The standard InChI is InChI=1S/C20H27BrN2O5/c1-4-5-8-27-18(25)11-16-20(26)22-6-7-23(16)17(24)12-28-19-13(2)9-15(21)10-14(19)3/h9-10,16H,4-8,11-12H2,1-3H3,(H,22,26). The first-order valence-corrected chi connectivity index (χ1v) is 10.2. The molecule has 0 aromatic heterocycles. The van der Waals surface area contributed by atoms with Gasteiger partial charge in [-0.05, 0) is 43.5 Å². The molecule has 0 radical (unpaired) electrons. The Balaban J connectivity index is 2.01. The number of carbonyl (C=O) groups excluding carboxylic acids is 3. The van der Waals surface area contributed by atoms with Crippen LogP contribution in [-0.2, 0) is 19.1 Å². The number of ether oxygens (including phenoxy) is 2. The summed E-state index contributed by atoms with van der Waals surface area (Å²) in [7, 11) is 0. The smallest absolute Gasteiger partial charge is 0.308 e. The van der Waals surface area contributed by atoms with E-state index in [0.717, 1.165) is 28.4 Å². The number of hydrogen-bond acceptors (Lipinski definition) is 5. The van der Waals surface area contributed by atoms with Gasteiger partial charge in [0.15, 0.2) is 6.61 Å². The van der Waals surface area contributed by atoms with Gasteiger partial charge in [-0.2, -0.15) is 0 Å². The predicted octanol–water partition coefficient (Wildman–Crippen LogP) is 2.51. The number of unbranched alkanes of at least 4 members (excludes halogenated alkanes) is 1. The van der Waals surface area contributed by atoms with Gasteiger partial charge in [0.25, 0.3) is 5.91 Å². The molecule has 1 heterocycles. The molecule has 1 aromatic carbocycles. The molecule has 0 bridgehead atoms. The van der Waals surface area contributed by atoms with E-state index in [4.69, 9.17) is 9.47 Å². The summed E-state index contributed by atoms with van der Waals surface area (Å²) in [6.07, 6.45) is 1.52. The van der Waals surface area contributed by atoms with Crippen molar-refractivity contribution in [1.29, 1.82) is 0 Å². The molecule has 1 N–H and O–H groups in total. The van der Waals surface area contributed by atoms with Crippen LogP contribution in [0, 0.1) is 13.8 Å². The lowest BCUT2D eigenvalue weighted by molar-refractivity contribution is -0.152. The molecule has 8 heteroatoms. The van der Waals surface area contributed by atoms with Crippen molar-refractivity contribution in [3.05, 3.63) is 27.7 Å². The van der Waals surface area contributed by atoms with Crippen molar-refractivity contribution in [3.8, 4) is 5.75 Å². The maximum atomic E-state index is 12.7. The van der Waals surface area contributed by atoms with Crippen molar-refractivity contribution in [2.45, 2.75) is 46.1 Å². The molecule has 1 atom stereocenters. The van der Waals surface area contributed by atoms with Gasteiger partial charge in [-0.15, -0.1) is 0 Å². The number of hydrogen-bond donors (Lipinski definition) is 1. The van der Waals surface area contributed by atoms with Crippen molar-refractivity contribution in [2.75, 3.05) is 26.3 Å². The minimum atomic E-state index is -0.869. The number of amides is 2. The van der Waals surface area contributed by atoms with Gasteiger partial charge in [-0.1, -0.05) is 29.3 Å². The fourth-order valence-electron chi connectivity index (χ4n) is 3.11. The zero-order valence-corrected chi connectivity index (χ0v) is 18.1. The lowest BCUT2D eigenvalue weighted by Gasteiger charge is -2.34. The Hall–Kier alpha value is -2.09. The number of halogens is 1. The molecule has 1 fully saturated rings. The summed E-state index contributed by atoms with van der Waals surface area (Å²) < 4.78 is 11.8. The maximum absolute atomic E-state index is 12.7. The molecule has 0 spiro atoms. The Morgan fingerprint density at radius 1 is 1.29 bits per heavy atom. The molecule has 1 unspecified atom stereocenters. The van der Waals surface area contributed by atoms with Gasteiger partial charge in [-0.25, -0.2) is 0 Å². The summed E-state index contributed by atoms with van der Waals surface area (Å²) in [5, 5.41) is 2.70. The molecule has 0 aliphatic carbocycles. The number of benzene rings is 1. The molecule has 1 aliphatic heterocycles. The molecular weight excluding hydrogens is 428 g/mol. The normalized spacial score (nSPS) is 16.5. The van der Waals surface area contributed by atoms with Crippen LogP contribution >= 0.6 is 15.9 Å². The van der Waals surface area contributed by atoms with Crippen LogP contribution in [0.1, 0.15) is 37.3 Å². The number of piperazine rings is 1. The fraction of sp³-hybridized carbons (Fsp3) is 0.550. The molecular formula is C20H27BrN2O5. The van der Waals surface area contributed by atoms with Crippen molar-refractivity contribution in [3.63, 3.8) is 0 Å². The highest BCUT2D eigenvalue weighted by molar-refractivity contribution is 9.10. The third kappa shape index (κ3) is 5.95. The molecule has 2 rings (SSSR count). The van der Waals surface area contributed by atoms with Gasteiger partial charge in [0.05, 0.1) is 13.0 Å². The molecule has 1 aromatic rings. The second-order valence-corrected chi connectivity index (χ2v) is 7.75. The Morgan fingerprint density at radius 2 is 1.96 bits per heavy atom. The van der Waals surface area contributed by atoms with Crippen LogP contribution in [-0.4, -0.2) is 55.0 Å². The van der Waals surface area contributed by atoms with E-state index in [-0.39, 0.29) is 24.8 Å². The zero-order chi connectivity index (χ0) is 20.7. The van der Waals surface area contributed by atoms with E-state index in [0.29, 0.717) is 25.4 Å². The highest BCUT2D eigenvalue weighted by Crippen LogP contribution is 2.27. The van der Waals surface area contributed by atoms with E-state index < -0.39 is 12.0 Å². The van der Waals surface area contributed by atoms with Crippen molar-refractivity contribution < 1.29 is 23.9 Å². The first-order chi connectivity index (χ1) is 13.3. The van der Waals surface area contributed by atoms with Gasteiger partial charge < -0.3 is 19.7 Å². The Labute approximate surface area is 173 Å². The van der Waals surface area contributed by atoms with E-state index >= 15 is 0 Å². The van der Waals surface area contributed by atoms with Crippen molar-refractivity contribution in [1.82, 2.24) is 10.2 Å². The fourth-order valence-corrected chi connectivity index (χ4v) is 3.79. The number of esters is 1. The number of nitrogens with zero attached hydrogens (tertiary/aromatic N) is 1. The van der Waals surface area contributed by atoms with Crippen molar-refractivity contribution >= 4 is 33.7 Å². The molecule has 28 heavy (non-hydrogen) atoms. The van der Waals surface area contributed by atoms with E-state index in [2.05, 4.69) is 21.2 Å². The summed E-state index contributed by atoms with van der Waals surface area (Å²) in [6.45, 7) is 6.61. The van der Waals surface area contributed by atoms with E-state index in [1.807, 2.05) is 32.9 Å². The van der Waals surface area contributed by atoms with Crippen LogP contribution in [0.4, 0.5) is 0 Å². The lowest BCUT2D eigenvalue weighted by atomic mass is 10.1. The number of carbonyl (C=O) groups is 3. The Morgan fingerprint density at radius 3 is 2.61 bits per heavy atom. The quantitative estimate of drug-likeness (QED) is 0.481. The monoisotopic (exact) mass is 454 g/mol. The van der Waals surface area contributed by atoms with Gasteiger partial charge in [0.2, 0.25) is 5.91 Å². The second kappa shape index (κ2) is 10.5. The Kier molecular flexibility index (Phi) is 8.29. The van der Waals surface area contributed by atoms with E-state index in [1.165, 1.54) is 4.90 Å². The summed E-state index contributed by atoms with van der Waals surface area (Å²) in [4.78, 5) is 38.4. The highest BCUT2D eigenvalue weighted by Gasteiger charge is 2.35. The van der Waals surface area contributed by atoms with Gasteiger partial charge in [0.1, 0.15) is 11.8 Å². The molecule has 154 valence electrons. The zero-order valence-electron chi connectivity index (χ0n) is 16.5. The van der Waals surface area contributed by atoms with Crippen molar-refractivity contribution in [2.24, 2.45) is 0 Å². The van der Waals surface area contributed by atoms with Crippen LogP contribution < -0.4 is 10.1 Å². The molecule has 1 aliphatic rings. The Bertz CT molecular complexity index is 714. The van der Waals surface area contributed by atoms with Crippen LogP contribution in [0.3, 0.4) is 0 Å². The lowest BCUT2D eigenvalue weighted by Crippen LogP contribution is -2.58. The summed E-state index contributed by atoms with van der Waals surface area (Å²) in [5.74, 6) is -0.506. The van der Waals surface area contributed by atoms with Gasteiger partial charge in [-0.3, -0.25) is 14.4 Å². The van der Waals surface area contributed by atoms with E-state index in [1.54, 1.807) is 0 Å². The number of rotatable bonds is 8. The molecule has 1 saturated heterocycles. The average molecular weight is 455 g/mol. The summed E-state index contributed by atoms with van der Waals surface area (Å²) in [6, 6.07) is 2.96. The van der Waals surface area contributed by atoms with Gasteiger partial charge >= 0.3 is 5.97 Å². The van der Waals surface area contributed by atoms with Crippen LogP contribution in [0.5, 0.6) is 5.75 Å². The maximum Gasteiger partial charge on any atom is 0.308 e. The third-order valence-corrected chi connectivity index (χ3v) is 5.00. The first-order valence-electron chi connectivity index (χ1n) is 9.45. The average Bonchev–Trinajstić information content (AvgIpc) is 2.62. The first kappa shape index (κ1) is 22.2. The van der Waals surface area contributed by atoms with Gasteiger partial charge in [0, 0.05) is 17.6 Å². The highest BCUT2D eigenvalue weighted by atomic mass is 79.9. The minimum Gasteiger partial charge on any atom is -0.483 e. The molecule has 0 saturated carbocycles. The topological polar surface area (TPSA) is 84.9 Å². The molecule has 7 nitrogen and oxygen atoms in total. The predicted molar refractivity (Wildman–Crippen MR) is 108 cm³/mol. The van der Waals surface area contributed by atoms with Crippen LogP contribution in [0.15, 0.2) is 16.6 Å². The largest absolute Gasteiger partial charge is 0.483 e. The van der Waals surface area contributed by atoms with E-state index in [9.17, 15) is 14.4 Å². The second-order valence-electron chi connectivity index (χ2n) is 6.83.